The van der Waals surface area contributed by atoms with Crippen LogP contribution in [-0.4, -0.2) is 11.6 Å². The Morgan fingerprint density at radius 3 is 2.71 bits per heavy atom. The van der Waals surface area contributed by atoms with Crippen LogP contribution in [0.25, 0.3) is 6.08 Å². The fraction of sp³-hybridized carbons (Fsp3) is 0.222. The van der Waals surface area contributed by atoms with Gasteiger partial charge >= 0.3 is 0 Å². The number of rotatable bonds is 3. The molecule has 1 aromatic heterocycles. The largest absolute Gasteiger partial charge is 0.501 e. The molecule has 0 saturated carbocycles. The van der Waals surface area contributed by atoms with Gasteiger partial charge in [0.1, 0.15) is 0 Å². The van der Waals surface area contributed by atoms with Gasteiger partial charge in [-0.15, -0.1) is 0 Å². The topological polar surface area (TPSA) is 22.1 Å². The predicted molar refractivity (Wildman–Crippen MR) is 44.8 cm³/mol. The Kier molecular flexibility index (Phi) is 3.50. The molecule has 0 unspecified atom stereocenters. The molecule has 76 valence electrons. The lowest BCUT2D eigenvalue weighted by Crippen LogP contribution is -1.96. The summed E-state index contributed by atoms with van der Waals surface area (Å²) in [6.45, 7) is 2.15. The molecule has 0 aromatic carbocycles. The summed E-state index contributed by atoms with van der Waals surface area (Å²) in [4.78, 5) is 2.74. The lowest BCUT2D eigenvalue weighted by Gasteiger charge is -1.97. The van der Waals surface area contributed by atoms with Crippen LogP contribution >= 0.6 is 0 Å². The molecule has 1 rings (SSSR count). The van der Waals surface area contributed by atoms with Gasteiger partial charge in [-0.2, -0.15) is 13.8 Å². The van der Waals surface area contributed by atoms with Crippen molar-refractivity contribution in [3.63, 3.8) is 0 Å². The quantitative estimate of drug-likeness (QED) is 0.556. The number of hydrogen-bond acceptors (Lipinski definition) is 2. The predicted octanol–water partition coefficient (Wildman–Crippen LogP) is 2.51. The van der Waals surface area contributed by atoms with Gasteiger partial charge in [-0.05, 0) is 19.1 Å². The van der Waals surface area contributed by atoms with Gasteiger partial charge in [0, 0.05) is 5.56 Å². The number of pyridine rings is 1. The average molecular weight is 203 g/mol. The molecule has 0 saturated heterocycles. The summed E-state index contributed by atoms with van der Waals surface area (Å²) in [6, 6.07) is 0.715. The van der Waals surface area contributed by atoms with Gasteiger partial charge in [0.05, 0.1) is 12.9 Å². The zero-order chi connectivity index (χ0) is 10.6. The molecule has 0 aliphatic heterocycles. The maximum atomic E-state index is 12.8. The maximum absolute atomic E-state index is 12.8. The smallest absolute Gasteiger partial charge is 0.251 e. The van der Waals surface area contributed by atoms with E-state index in [-0.39, 0.29) is 5.56 Å². The third kappa shape index (κ3) is 2.48. The van der Waals surface area contributed by atoms with Crippen molar-refractivity contribution < 1.29 is 17.9 Å². The van der Waals surface area contributed by atoms with E-state index in [0.29, 0.717) is 12.7 Å². The van der Waals surface area contributed by atoms with Crippen LogP contribution in [0.2, 0.25) is 0 Å². The molecule has 0 radical (unpaired) electrons. The van der Waals surface area contributed by atoms with E-state index < -0.39 is 17.7 Å². The molecule has 0 bridgehead atoms. The second-order valence-corrected chi connectivity index (χ2v) is 2.40. The lowest BCUT2D eigenvalue weighted by molar-refractivity contribution is 0.272. The van der Waals surface area contributed by atoms with Gasteiger partial charge in [-0.25, -0.2) is 4.39 Å². The molecule has 0 aliphatic carbocycles. The van der Waals surface area contributed by atoms with Crippen LogP contribution in [0, 0.1) is 17.7 Å². The summed E-state index contributed by atoms with van der Waals surface area (Å²) in [7, 11) is 0. The van der Waals surface area contributed by atoms with E-state index in [1.165, 1.54) is 12.3 Å². The number of nitrogens with zero attached hydrogens (tertiary/aromatic N) is 1. The first-order valence-corrected chi connectivity index (χ1v) is 3.95. The number of ether oxygens (including phenoxy) is 1. The van der Waals surface area contributed by atoms with Crippen LogP contribution in [0.3, 0.4) is 0 Å². The standard InChI is InChI=1S/C9H8F3NO/c1-2-14-4-3-6-5-7(10)9(12)13-8(6)11/h3-5H,2H2,1H3/b4-3+. The first kappa shape index (κ1) is 10.6. The highest BCUT2D eigenvalue weighted by Crippen LogP contribution is 2.11. The van der Waals surface area contributed by atoms with Crippen molar-refractivity contribution in [2.24, 2.45) is 0 Å². The molecule has 0 spiro atoms. The molecule has 5 heteroatoms. The highest BCUT2D eigenvalue weighted by atomic mass is 19.2. The second kappa shape index (κ2) is 4.64. The SMILES string of the molecule is CCO/C=C/c1cc(F)c(F)nc1F. The van der Waals surface area contributed by atoms with Crippen molar-refractivity contribution in [3.8, 4) is 0 Å². The molecule has 0 amide bonds. The Labute approximate surface area is 79.0 Å². The molecule has 0 fully saturated rings. The Balaban J connectivity index is 2.92. The minimum absolute atomic E-state index is 0.155. The lowest BCUT2D eigenvalue weighted by atomic mass is 10.2. The molecular formula is C9H8F3NO. The van der Waals surface area contributed by atoms with E-state index in [0.717, 1.165) is 0 Å². The molecule has 1 aromatic rings. The van der Waals surface area contributed by atoms with E-state index >= 15 is 0 Å². The minimum atomic E-state index is -1.45. The highest BCUT2D eigenvalue weighted by molar-refractivity contribution is 5.47. The van der Waals surface area contributed by atoms with Crippen LogP contribution in [0.4, 0.5) is 13.2 Å². The Hall–Kier alpha value is -1.52. The zero-order valence-electron chi connectivity index (χ0n) is 7.43. The second-order valence-electron chi connectivity index (χ2n) is 2.40. The van der Waals surface area contributed by atoms with Crippen molar-refractivity contribution in [2.45, 2.75) is 6.92 Å². The summed E-state index contributed by atoms with van der Waals surface area (Å²) in [6.07, 6.45) is 2.37. The van der Waals surface area contributed by atoms with E-state index in [4.69, 9.17) is 4.74 Å². The monoisotopic (exact) mass is 203 g/mol. The molecule has 0 aliphatic rings. The number of aromatic nitrogens is 1. The van der Waals surface area contributed by atoms with Gasteiger partial charge in [-0.1, -0.05) is 0 Å². The van der Waals surface area contributed by atoms with Crippen LogP contribution in [0.15, 0.2) is 12.3 Å². The molecule has 0 atom stereocenters. The van der Waals surface area contributed by atoms with Crippen LogP contribution in [0.5, 0.6) is 0 Å². The van der Waals surface area contributed by atoms with Crippen molar-refractivity contribution in [3.05, 3.63) is 35.6 Å². The number of hydrogen-bond donors (Lipinski definition) is 0. The average Bonchev–Trinajstić information content (AvgIpc) is 2.14. The number of halogens is 3. The van der Waals surface area contributed by atoms with Crippen molar-refractivity contribution in [1.82, 2.24) is 4.98 Å². The van der Waals surface area contributed by atoms with Gasteiger partial charge in [0.25, 0.3) is 5.95 Å². The summed E-state index contributed by atoms with van der Waals surface area (Å²) < 4.78 is 42.6. The van der Waals surface area contributed by atoms with Crippen LogP contribution in [0.1, 0.15) is 12.5 Å². The van der Waals surface area contributed by atoms with Crippen LogP contribution in [-0.2, 0) is 4.74 Å². The third-order valence-electron chi connectivity index (χ3n) is 1.42. The molecular weight excluding hydrogens is 195 g/mol. The summed E-state index contributed by atoms with van der Waals surface area (Å²) >= 11 is 0. The van der Waals surface area contributed by atoms with Crippen LogP contribution < -0.4 is 0 Å². The fourth-order valence-corrected chi connectivity index (χ4v) is 0.794. The Morgan fingerprint density at radius 2 is 2.07 bits per heavy atom. The Morgan fingerprint density at radius 1 is 1.36 bits per heavy atom. The van der Waals surface area contributed by atoms with Gasteiger partial charge in [0.2, 0.25) is 5.95 Å². The summed E-state index contributed by atoms with van der Waals surface area (Å²) in [5.41, 5.74) is -0.155. The molecule has 14 heavy (non-hydrogen) atoms. The first-order valence-electron chi connectivity index (χ1n) is 3.95. The van der Waals surface area contributed by atoms with E-state index in [2.05, 4.69) is 4.98 Å². The van der Waals surface area contributed by atoms with Crippen molar-refractivity contribution in [2.75, 3.05) is 6.61 Å². The fourth-order valence-electron chi connectivity index (χ4n) is 0.794. The van der Waals surface area contributed by atoms with Gasteiger partial charge in [0.15, 0.2) is 5.82 Å². The third-order valence-corrected chi connectivity index (χ3v) is 1.42. The minimum Gasteiger partial charge on any atom is -0.501 e. The highest BCUT2D eigenvalue weighted by Gasteiger charge is 2.08. The van der Waals surface area contributed by atoms with Crippen molar-refractivity contribution in [1.29, 1.82) is 0 Å². The summed E-state index contributed by atoms with van der Waals surface area (Å²) in [5, 5.41) is 0. The van der Waals surface area contributed by atoms with E-state index in [9.17, 15) is 13.2 Å². The molecule has 0 N–H and O–H groups in total. The van der Waals surface area contributed by atoms with Gasteiger partial charge < -0.3 is 4.74 Å². The zero-order valence-corrected chi connectivity index (χ0v) is 7.43. The van der Waals surface area contributed by atoms with Gasteiger partial charge in [-0.3, -0.25) is 0 Å². The molecule has 1 heterocycles. The van der Waals surface area contributed by atoms with Crippen molar-refractivity contribution >= 4 is 6.08 Å². The normalized spacial score (nSPS) is 10.9. The van der Waals surface area contributed by atoms with E-state index in [1.807, 2.05) is 0 Å². The first-order chi connectivity index (χ1) is 6.65. The summed E-state index contributed by atoms with van der Waals surface area (Å²) in [5.74, 6) is -3.71. The Bertz CT molecular complexity index is 352. The molecule has 2 nitrogen and oxygen atoms in total. The maximum Gasteiger partial charge on any atom is 0.251 e. The van der Waals surface area contributed by atoms with E-state index in [1.54, 1.807) is 6.92 Å².